The number of nitrogens with one attached hydrogen (secondary N) is 2. The van der Waals surface area contributed by atoms with Crippen LogP contribution in [0, 0.1) is 0 Å². The number of morpholine rings is 1. The van der Waals surface area contributed by atoms with Gasteiger partial charge in [-0.25, -0.2) is 0 Å². The number of benzene rings is 1. The van der Waals surface area contributed by atoms with Crippen molar-refractivity contribution < 1.29 is 17.9 Å². The molecule has 0 unspecified atom stereocenters. The molecule has 0 aliphatic carbocycles. The van der Waals surface area contributed by atoms with Crippen LogP contribution in [0.1, 0.15) is 17.5 Å². The Bertz CT molecular complexity index is 572. The second kappa shape index (κ2) is 9.69. The van der Waals surface area contributed by atoms with E-state index < -0.39 is 11.7 Å². The number of nitrogens with zero attached hydrogens (tertiary/aromatic N) is 2. The molecule has 0 amide bonds. The summed E-state index contributed by atoms with van der Waals surface area (Å²) >= 11 is 5.09. The third-order valence-electron chi connectivity index (χ3n) is 3.66. The molecule has 0 saturated carbocycles. The zero-order valence-electron chi connectivity index (χ0n) is 13.7. The van der Waals surface area contributed by atoms with Gasteiger partial charge in [0.1, 0.15) is 0 Å². The van der Waals surface area contributed by atoms with Gasteiger partial charge < -0.3 is 10.1 Å². The largest absolute Gasteiger partial charge is 0.416 e. The fraction of sp³-hybridized carbons (Fsp3) is 0.500. The quantitative estimate of drug-likeness (QED) is 0.346. The first-order valence-electron chi connectivity index (χ1n) is 7.99. The van der Waals surface area contributed by atoms with Crippen LogP contribution in [0.3, 0.4) is 0 Å². The number of hydrazone groups is 1. The van der Waals surface area contributed by atoms with Crippen molar-refractivity contribution >= 4 is 23.5 Å². The molecule has 0 atom stereocenters. The van der Waals surface area contributed by atoms with E-state index in [9.17, 15) is 13.2 Å². The molecule has 1 aliphatic heterocycles. The molecule has 138 valence electrons. The average molecular weight is 374 g/mol. The Labute approximate surface area is 150 Å². The lowest BCUT2D eigenvalue weighted by Crippen LogP contribution is -2.39. The third-order valence-corrected chi connectivity index (χ3v) is 3.89. The summed E-state index contributed by atoms with van der Waals surface area (Å²) in [6.45, 7) is 5.19. The van der Waals surface area contributed by atoms with E-state index in [1.54, 1.807) is 0 Å². The molecule has 0 bridgehead atoms. The summed E-state index contributed by atoms with van der Waals surface area (Å²) in [6, 6.07) is 4.74. The van der Waals surface area contributed by atoms with Gasteiger partial charge in [0.15, 0.2) is 5.11 Å². The van der Waals surface area contributed by atoms with Crippen molar-refractivity contribution in [1.29, 1.82) is 0 Å². The van der Waals surface area contributed by atoms with Crippen LogP contribution < -0.4 is 10.7 Å². The normalized spacial score (nSPS) is 16.1. The predicted molar refractivity (Wildman–Crippen MR) is 94.7 cm³/mol. The molecule has 1 aromatic rings. The van der Waals surface area contributed by atoms with Crippen molar-refractivity contribution in [3.63, 3.8) is 0 Å². The summed E-state index contributed by atoms with van der Waals surface area (Å²) < 4.78 is 42.7. The van der Waals surface area contributed by atoms with E-state index in [-0.39, 0.29) is 0 Å². The Kier molecular flexibility index (Phi) is 7.60. The van der Waals surface area contributed by atoms with Crippen LogP contribution in [-0.4, -0.2) is 55.6 Å². The van der Waals surface area contributed by atoms with E-state index in [0.717, 1.165) is 57.9 Å². The molecule has 5 nitrogen and oxygen atoms in total. The molecule has 0 radical (unpaired) electrons. The molecule has 9 heteroatoms. The van der Waals surface area contributed by atoms with E-state index in [4.69, 9.17) is 17.0 Å². The Balaban J connectivity index is 1.63. The summed E-state index contributed by atoms with van der Waals surface area (Å²) in [4.78, 5) is 2.34. The number of hydrogen-bond donors (Lipinski definition) is 2. The highest BCUT2D eigenvalue weighted by atomic mass is 32.1. The predicted octanol–water partition coefficient (Wildman–Crippen LogP) is 2.23. The first-order chi connectivity index (χ1) is 11.9. The number of thiocarbonyl (C=S) groups is 1. The Morgan fingerprint density at radius 2 is 1.92 bits per heavy atom. The van der Waals surface area contributed by atoms with Gasteiger partial charge in [0.25, 0.3) is 0 Å². The summed E-state index contributed by atoms with van der Waals surface area (Å²) in [5.41, 5.74) is 2.51. The van der Waals surface area contributed by atoms with Crippen LogP contribution in [0.2, 0.25) is 0 Å². The summed E-state index contributed by atoms with van der Waals surface area (Å²) in [5, 5.41) is 7.33. The molecule has 1 saturated heterocycles. The Morgan fingerprint density at radius 1 is 1.24 bits per heavy atom. The minimum atomic E-state index is -4.33. The molecule has 0 spiro atoms. The molecule has 2 rings (SSSR count). The lowest BCUT2D eigenvalue weighted by Gasteiger charge is -2.26. The number of halogens is 3. The maximum Gasteiger partial charge on any atom is 0.416 e. The number of ether oxygens (including phenoxy) is 1. The monoisotopic (exact) mass is 374 g/mol. The minimum Gasteiger partial charge on any atom is -0.379 e. The van der Waals surface area contributed by atoms with Crippen LogP contribution in [0.5, 0.6) is 0 Å². The molecular weight excluding hydrogens is 353 g/mol. The van der Waals surface area contributed by atoms with Crippen LogP contribution in [0.25, 0.3) is 0 Å². The first-order valence-corrected chi connectivity index (χ1v) is 8.40. The second-order valence-corrected chi connectivity index (χ2v) is 5.96. The van der Waals surface area contributed by atoms with Gasteiger partial charge >= 0.3 is 6.18 Å². The van der Waals surface area contributed by atoms with Gasteiger partial charge in [-0.3, -0.25) is 10.3 Å². The highest BCUT2D eigenvalue weighted by Crippen LogP contribution is 2.28. The van der Waals surface area contributed by atoms with Crippen molar-refractivity contribution in [2.75, 3.05) is 39.4 Å². The molecule has 1 aromatic carbocycles. The van der Waals surface area contributed by atoms with E-state index >= 15 is 0 Å². The van der Waals surface area contributed by atoms with Crippen LogP contribution >= 0.6 is 12.2 Å². The van der Waals surface area contributed by atoms with Crippen molar-refractivity contribution in [2.45, 2.75) is 12.6 Å². The SMILES string of the molecule is FC(F)(F)c1ccc(/C=N/NC(=S)NCCCN2CCOCC2)cc1. The van der Waals surface area contributed by atoms with Crippen LogP contribution in [-0.2, 0) is 10.9 Å². The maximum absolute atomic E-state index is 12.5. The van der Waals surface area contributed by atoms with Crippen molar-refractivity contribution in [3.05, 3.63) is 35.4 Å². The van der Waals surface area contributed by atoms with Gasteiger partial charge in [-0.2, -0.15) is 18.3 Å². The van der Waals surface area contributed by atoms with Gasteiger partial charge in [0.05, 0.1) is 25.0 Å². The fourth-order valence-electron chi connectivity index (χ4n) is 2.29. The molecule has 2 N–H and O–H groups in total. The zero-order valence-corrected chi connectivity index (χ0v) is 14.5. The van der Waals surface area contributed by atoms with Gasteiger partial charge in [0, 0.05) is 19.6 Å². The maximum atomic E-state index is 12.5. The molecule has 0 aromatic heterocycles. The van der Waals surface area contributed by atoms with Gasteiger partial charge in [-0.05, 0) is 42.9 Å². The highest BCUT2D eigenvalue weighted by Gasteiger charge is 2.29. The Morgan fingerprint density at radius 3 is 2.56 bits per heavy atom. The lowest BCUT2D eigenvalue weighted by atomic mass is 10.1. The summed E-state index contributed by atoms with van der Waals surface area (Å²) in [6.07, 6.45) is -1.97. The number of alkyl halides is 3. The van der Waals surface area contributed by atoms with E-state index in [1.807, 2.05) is 0 Å². The van der Waals surface area contributed by atoms with Crippen molar-refractivity contribution in [1.82, 2.24) is 15.6 Å². The van der Waals surface area contributed by atoms with Gasteiger partial charge in [-0.15, -0.1) is 0 Å². The summed E-state index contributed by atoms with van der Waals surface area (Å²) in [5.74, 6) is 0. The minimum absolute atomic E-state index is 0.380. The van der Waals surface area contributed by atoms with E-state index in [1.165, 1.54) is 18.3 Å². The zero-order chi connectivity index (χ0) is 18.1. The standard InChI is InChI=1S/C16H21F3N4OS/c17-16(18,19)14-4-2-13(3-5-14)12-21-22-15(25)20-6-1-7-23-8-10-24-11-9-23/h2-5,12H,1,6-11H2,(H2,20,22,25)/b21-12+. The molecule has 1 heterocycles. The Hall–Kier alpha value is -1.71. The van der Waals surface area contributed by atoms with E-state index in [0.29, 0.717) is 10.7 Å². The number of rotatable bonds is 6. The average Bonchev–Trinajstić information content (AvgIpc) is 2.59. The second-order valence-electron chi connectivity index (χ2n) is 5.55. The van der Waals surface area contributed by atoms with Crippen LogP contribution in [0.4, 0.5) is 13.2 Å². The van der Waals surface area contributed by atoms with Gasteiger partial charge in [-0.1, -0.05) is 12.1 Å². The van der Waals surface area contributed by atoms with Crippen LogP contribution in [0.15, 0.2) is 29.4 Å². The lowest BCUT2D eigenvalue weighted by molar-refractivity contribution is -0.137. The molecule has 25 heavy (non-hydrogen) atoms. The summed E-state index contributed by atoms with van der Waals surface area (Å²) in [7, 11) is 0. The van der Waals surface area contributed by atoms with Crippen molar-refractivity contribution in [2.24, 2.45) is 5.10 Å². The molecule has 1 fully saturated rings. The van der Waals surface area contributed by atoms with Gasteiger partial charge in [0.2, 0.25) is 0 Å². The molecule has 1 aliphatic rings. The first kappa shape index (κ1) is 19.6. The van der Waals surface area contributed by atoms with E-state index in [2.05, 4.69) is 20.7 Å². The molecular formula is C16H21F3N4OS. The fourth-order valence-corrected chi connectivity index (χ4v) is 2.45. The smallest absolute Gasteiger partial charge is 0.379 e. The van der Waals surface area contributed by atoms with Crippen molar-refractivity contribution in [3.8, 4) is 0 Å². The highest BCUT2D eigenvalue weighted by molar-refractivity contribution is 7.80. The topological polar surface area (TPSA) is 48.9 Å². The third kappa shape index (κ3) is 7.37. The number of hydrogen-bond acceptors (Lipinski definition) is 4.